The molecule has 0 aromatic heterocycles. The van der Waals surface area contributed by atoms with Crippen LogP contribution in [0.15, 0.2) is 0 Å². The molecule has 2 rings (SSSR count). The highest BCUT2D eigenvalue weighted by Crippen LogP contribution is 2.39. The third kappa shape index (κ3) is 3.19. The highest BCUT2D eigenvalue weighted by molar-refractivity contribution is 5.86. The molecule has 2 fully saturated rings. The molecule has 5 nitrogen and oxygen atoms in total. The van der Waals surface area contributed by atoms with E-state index in [0.717, 1.165) is 19.4 Å². The van der Waals surface area contributed by atoms with E-state index in [2.05, 4.69) is 5.32 Å². The summed E-state index contributed by atoms with van der Waals surface area (Å²) in [6, 6.07) is -0.260. The van der Waals surface area contributed by atoms with Crippen LogP contribution in [0.1, 0.15) is 45.4 Å². The first-order chi connectivity index (χ1) is 8.93. The van der Waals surface area contributed by atoms with Gasteiger partial charge in [0.15, 0.2) is 0 Å². The summed E-state index contributed by atoms with van der Waals surface area (Å²) >= 11 is 0. The maximum absolute atomic E-state index is 12.1. The van der Waals surface area contributed by atoms with Gasteiger partial charge in [0.25, 0.3) is 0 Å². The predicted molar refractivity (Wildman–Crippen MR) is 71.9 cm³/mol. The minimum Gasteiger partial charge on any atom is -0.480 e. The number of aliphatic carboxylic acids is 1. The number of urea groups is 1. The third-order valence-electron chi connectivity index (χ3n) is 4.56. The number of nitrogens with zero attached hydrogens (tertiary/aromatic N) is 1. The summed E-state index contributed by atoms with van der Waals surface area (Å²) in [5, 5.41) is 12.0. The van der Waals surface area contributed by atoms with Gasteiger partial charge in [-0.2, -0.15) is 0 Å². The molecule has 0 aromatic rings. The summed E-state index contributed by atoms with van der Waals surface area (Å²) in [4.78, 5) is 25.1. The number of carbonyl (C=O) groups is 2. The summed E-state index contributed by atoms with van der Waals surface area (Å²) < 4.78 is 0. The van der Waals surface area contributed by atoms with E-state index in [9.17, 15) is 14.7 Å². The Balaban J connectivity index is 1.89. The SMILES string of the molecule is CN(CC1CCCC1)C(=O)NC(C)(C(=O)O)C1CC1. The summed E-state index contributed by atoms with van der Waals surface area (Å²) in [7, 11) is 1.75. The Hall–Kier alpha value is -1.26. The quantitative estimate of drug-likeness (QED) is 0.802. The van der Waals surface area contributed by atoms with E-state index in [1.165, 1.54) is 25.7 Å². The molecule has 2 aliphatic carbocycles. The van der Waals surface area contributed by atoms with E-state index in [1.807, 2.05) is 0 Å². The van der Waals surface area contributed by atoms with Crippen molar-refractivity contribution < 1.29 is 14.7 Å². The average molecular weight is 268 g/mol. The lowest BCUT2D eigenvalue weighted by molar-refractivity contribution is -0.144. The van der Waals surface area contributed by atoms with Crippen LogP contribution in [0.2, 0.25) is 0 Å². The van der Waals surface area contributed by atoms with Gasteiger partial charge in [0.05, 0.1) is 0 Å². The molecule has 0 heterocycles. The number of carboxylic acid groups (broad SMARTS) is 1. The maximum atomic E-state index is 12.1. The molecule has 2 aliphatic rings. The fraction of sp³-hybridized carbons (Fsp3) is 0.857. The first-order valence-corrected chi connectivity index (χ1v) is 7.20. The van der Waals surface area contributed by atoms with E-state index in [-0.39, 0.29) is 11.9 Å². The summed E-state index contributed by atoms with van der Waals surface area (Å²) in [6.07, 6.45) is 6.61. The first kappa shape index (κ1) is 14.2. The number of hydrogen-bond donors (Lipinski definition) is 2. The standard InChI is InChI=1S/C14H24N2O3/c1-14(12(17)18,11-7-8-11)15-13(19)16(2)9-10-5-3-4-6-10/h10-11H,3-9H2,1-2H3,(H,15,19)(H,17,18). The van der Waals surface area contributed by atoms with E-state index in [0.29, 0.717) is 5.92 Å². The maximum Gasteiger partial charge on any atom is 0.329 e. The zero-order valence-corrected chi connectivity index (χ0v) is 11.8. The Morgan fingerprint density at radius 1 is 1.26 bits per heavy atom. The summed E-state index contributed by atoms with van der Waals surface area (Å²) in [5.74, 6) is -0.279. The molecular weight excluding hydrogens is 244 g/mol. The molecule has 19 heavy (non-hydrogen) atoms. The van der Waals surface area contributed by atoms with Crippen molar-refractivity contribution >= 4 is 12.0 Å². The largest absolute Gasteiger partial charge is 0.480 e. The highest BCUT2D eigenvalue weighted by atomic mass is 16.4. The average Bonchev–Trinajstić information content (AvgIpc) is 3.09. The van der Waals surface area contributed by atoms with Crippen molar-refractivity contribution in [3.05, 3.63) is 0 Å². The minimum absolute atomic E-state index is 0.0776. The molecule has 0 radical (unpaired) electrons. The number of carboxylic acids is 1. The molecule has 2 N–H and O–H groups in total. The van der Waals surface area contributed by atoms with Crippen LogP contribution in [0.4, 0.5) is 4.79 Å². The summed E-state index contributed by atoms with van der Waals surface area (Å²) in [5.41, 5.74) is -1.11. The van der Waals surface area contributed by atoms with Gasteiger partial charge >= 0.3 is 12.0 Å². The molecule has 0 saturated heterocycles. The Morgan fingerprint density at radius 3 is 2.32 bits per heavy atom. The lowest BCUT2D eigenvalue weighted by Crippen LogP contribution is -2.57. The minimum atomic E-state index is -1.11. The summed E-state index contributed by atoms with van der Waals surface area (Å²) in [6.45, 7) is 2.35. The van der Waals surface area contributed by atoms with Gasteiger partial charge < -0.3 is 15.3 Å². The van der Waals surface area contributed by atoms with E-state index < -0.39 is 11.5 Å². The van der Waals surface area contributed by atoms with E-state index in [4.69, 9.17) is 0 Å². The molecular formula is C14H24N2O3. The van der Waals surface area contributed by atoms with Gasteiger partial charge in [-0.05, 0) is 44.4 Å². The van der Waals surface area contributed by atoms with Crippen LogP contribution in [-0.4, -0.2) is 41.1 Å². The lowest BCUT2D eigenvalue weighted by Gasteiger charge is -2.30. The van der Waals surface area contributed by atoms with Gasteiger partial charge in [-0.3, -0.25) is 0 Å². The third-order valence-corrected chi connectivity index (χ3v) is 4.56. The number of carbonyl (C=O) groups excluding carboxylic acids is 1. The number of amides is 2. The molecule has 108 valence electrons. The van der Waals surface area contributed by atoms with Crippen molar-refractivity contribution in [2.24, 2.45) is 11.8 Å². The van der Waals surface area contributed by atoms with Crippen LogP contribution in [-0.2, 0) is 4.79 Å². The van der Waals surface area contributed by atoms with Crippen LogP contribution in [0.25, 0.3) is 0 Å². The van der Waals surface area contributed by atoms with Gasteiger partial charge in [-0.1, -0.05) is 12.8 Å². The van der Waals surface area contributed by atoms with Crippen LogP contribution >= 0.6 is 0 Å². The molecule has 0 spiro atoms. The molecule has 2 amide bonds. The van der Waals surface area contributed by atoms with Gasteiger partial charge in [0.2, 0.25) is 0 Å². The Kier molecular flexibility index (Phi) is 4.02. The Labute approximate surface area is 114 Å². The monoisotopic (exact) mass is 268 g/mol. The van der Waals surface area contributed by atoms with Gasteiger partial charge in [0, 0.05) is 13.6 Å². The molecule has 5 heteroatoms. The van der Waals surface area contributed by atoms with Crippen molar-refractivity contribution in [2.45, 2.75) is 51.0 Å². The second-order valence-electron chi connectivity index (χ2n) is 6.24. The zero-order chi connectivity index (χ0) is 14.0. The van der Waals surface area contributed by atoms with Crippen molar-refractivity contribution in [3.63, 3.8) is 0 Å². The normalized spacial score (nSPS) is 22.8. The predicted octanol–water partition coefficient (Wildman–Crippen LogP) is 2.07. The molecule has 0 bridgehead atoms. The van der Waals surface area contributed by atoms with Gasteiger partial charge in [-0.25, -0.2) is 9.59 Å². The van der Waals surface area contributed by atoms with Gasteiger partial charge in [0.1, 0.15) is 5.54 Å². The van der Waals surface area contributed by atoms with Crippen LogP contribution in [0.5, 0.6) is 0 Å². The fourth-order valence-corrected chi connectivity index (χ4v) is 2.97. The molecule has 1 unspecified atom stereocenters. The van der Waals surface area contributed by atoms with Crippen molar-refractivity contribution in [1.82, 2.24) is 10.2 Å². The molecule has 1 atom stereocenters. The van der Waals surface area contributed by atoms with Crippen molar-refractivity contribution in [3.8, 4) is 0 Å². The van der Waals surface area contributed by atoms with Crippen LogP contribution in [0.3, 0.4) is 0 Å². The van der Waals surface area contributed by atoms with Gasteiger partial charge in [-0.15, -0.1) is 0 Å². The van der Waals surface area contributed by atoms with E-state index in [1.54, 1.807) is 18.9 Å². The number of hydrogen-bond acceptors (Lipinski definition) is 2. The topological polar surface area (TPSA) is 69.6 Å². The fourth-order valence-electron chi connectivity index (χ4n) is 2.97. The molecule has 0 aliphatic heterocycles. The lowest BCUT2D eigenvalue weighted by atomic mass is 9.96. The number of nitrogens with one attached hydrogen (secondary N) is 1. The highest BCUT2D eigenvalue weighted by Gasteiger charge is 2.49. The smallest absolute Gasteiger partial charge is 0.329 e. The van der Waals surface area contributed by atoms with Crippen molar-refractivity contribution in [1.29, 1.82) is 0 Å². The second-order valence-corrected chi connectivity index (χ2v) is 6.24. The van der Waals surface area contributed by atoms with Crippen LogP contribution in [0, 0.1) is 11.8 Å². The Bertz CT molecular complexity index is 362. The Morgan fingerprint density at radius 2 is 1.84 bits per heavy atom. The van der Waals surface area contributed by atoms with E-state index >= 15 is 0 Å². The second kappa shape index (κ2) is 5.39. The molecule has 2 saturated carbocycles. The number of rotatable bonds is 5. The molecule has 0 aromatic carbocycles. The first-order valence-electron chi connectivity index (χ1n) is 7.20. The zero-order valence-electron chi connectivity index (χ0n) is 11.8. The van der Waals surface area contributed by atoms with Crippen LogP contribution < -0.4 is 5.32 Å². The van der Waals surface area contributed by atoms with Crippen molar-refractivity contribution in [2.75, 3.05) is 13.6 Å².